The number of hydrogen-bond acceptors (Lipinski definition) is 5. The van der Waals surface area contributed by atoms with Crippen molar-refractivity contribution in [3.63, 3.8) is 0 Å². The molecule has 0 amide bonds. The van der Waals surface area contributed by atoms with Gasteiger partial charge in [-0.2, -0.15) is 0 Å². The first kappa shape index (κ1) is 34.4. The molecule has 5 nitrogen and oxygen atoms in total. The molecule has 240 valence electrons. The van der Waals surface area contributed by atoms with Gasteiger partial charge in [-0.1, -0.05) is 89.1 Å². The smallest absolute Gasteiger partial charge is 0.343 e. The van der Waals surface area contributed by atoms with Gasteiger partial charge in [-0.05, 0) is 108 Å². The van der Waals surface area contributed by atoms with Gasteiger partial charge in [0.1, 0.15) is 17.3 Å². The van der Waals surface area contributed by atoms with Gasteiger partial charge in [0.15, 0.2) is 0 Å². The number of benzene rings is 4. The summed E-state index contributed by atoms with van der Waals surface area (Å²) < 4.78 is 11.3. The summed E-state index contributed by atoms with van der Waals surface area (Å²) in [6.07, 6.45) is 7.08. The molecule has 2 atom stereocenters. The zero-order valence-electron chi connectivity index (χ0n) is 27.6. The second-order valence-electron chi connectivity index (χ2n) is 12.6. The van der Waals surface area contributed by atoms with Crippen LogP contribution >= 0.6 is 0 Å². The molecule has 0 aliphatic heterocycles. The van der Waals surface area contributed by atoms with Crippen molar-refractivity contribution in [3.8, 4) is 11.5 Å². The van der Waals surface area contributed by atoms with E-state index in [-0.39, 0.29) is 5.78 Å². The van der Waals surface area contributed by atoms with Gasteiger partial charge >= 0.3 is 11.9 Å². The highest BCUT2D eigenvalue weighted by molar-refractivity contribution is 5.94. The molecule has 0 heterocycles. The molecule has 0 aromatic heterocycles. The topological polar surface area (TPSA) is 69.7 Å². The van der Waals surface area contributed by atoms with Crippen LogP contribution in [0.15, 0.2) is 97.1 Å². The van der Waals surface area contributed by atoms with E-state index in [1.165, 1.54) is 12.0 Å². The van der Waals surface area contributed by atoms with Crippen LogP contribution in [-0.4, -0.2) is 17.7 Å². The number of rotatable bonds is 16. The van der Waals surface area contributed by atoms with Crippen molar-refractivity contribution in [2.45, 2.75) is 79.1 Å². The Morgan fingerprint density at radius 3 is 1.50 bits per heavy atom. The summed E-state index contributed by atoms with van der Waals surface area (Å²) in [5.41, 5.74) is 4.12. The molecule has 4 aromatic carbocycles. The van der Waals surface area contributed by atoms with Gasteiger partial charge in [-0.25, -0.2) is 9.59 Å². The van der Waals surface area contributed by atoms with E-state index < -0.39 is 11.9 Å². The normalized spacial score (nSPS) is 12.3. The van der Waals surface area contributed by atoms with E-state index in [0.29, 0.717) is 47.3 Å². The second-order valence-corrected chi connectivity index (χ2v) is 12.6. The van der Waals surface area contributed by atoms with Crippen molar-refractivity contribution in [3.05, 3.63) is 119 Å². The summed E-state index contributed by atoms with van der Waals surface area (Å²) >= 11 is 0. The number of ketones is 1. The van der Waals surface area contributed by atoms with Gasteiger partial charge in [0.2, 0.25) is 0 Å². The van der Waals surface area contributed by atoms with Gasteiger partial charge in [-0.15, -0.1) is 0 Å². The van der Waals surface area contributed by atoms with Crippen molar-refractivity contribution in [2.75, 3.05) is 0 Å². The second kappa shape index (κ2) is 16.7. The summed E-state index contributed by atoms with van der Waals surface area (Å²) in [6, 6.07) is 25.2. The molecule has 0 radical (unpaired) electrons. The summed E-state index contributed by atoms with van der Waals surface area (Å²) in [6.45, 7) is 13.0. The van der Waals surface area contributed by atoms with E-state index in [2.05, 4.69) is 34.3 Å². The molecule has 0 aliphatic carbocycles. The highest BCUT2D eigenvalue weighted by Gasteiger charge is 2.13. The number of carbonyl (C=O) groups excluding carboxylic acids is 3. The quantitative estimate of drug-likeness (QED) is 0.0710. The number of esters is 2. The summed E-state index contributed by atoms with van der Waals surface area (Å²) in [5.74, 6) is 1.41. The molecular formula is C41H46O5. The molecule has 0 saturated heterocycles. The van der Waals surface area contributed by atoms with Crippen LogP contribution in [0.5, 0.6) is 11.5 Å². The number of Topliss-reactive ketones (excluding diaryl/α,β-unsaturated/α-hetero) is 1. The molecule has 0 aliphatic rings. The van der Waals surface area contributed by atoms with E-state index in [4.69, 9.17) is 9.47 Å². The zero-order valence-corrected chi connectivity index (χ0v) is 27.6. The van der Waals surface area contributed by atoms with Crippen LogP contribution in [0.2, 0.25) is 0 Å². The largest absolute Gasteiger partial charge is 0.423 e. The van der Waals surface area contributed by atoms with Crippen LogP contribution in [0.3, 0.4) is 0 Å². The van der Waals surface area contributed by atoms with E-state index in [1.807, 2.05) is 36.4 Å². The zero-order chi connectivity index (χ0) is 33.1. The average molecular weight is 619 g/mol. The van der Waals surface area contributed by atoms with E-state index in [9.17, 15) is 14.4 Å². The Morgan fingerprint density at radius 2 is 1.04 bits per heavy atom. The minimum absolute atomic E-state index is 0.212. The Balaban J connectivity index is 1.30. The fourth-order valence-electron chi connectivity index (χ4n) is 5.14. The third-order valence-corrected chi connectivity index (χ3v) is 8.74. The average Bonchev–Trinajstić information content (AvgIpc) is 3.06. The first-order valence-electron chi connectivity index (χ1n) is 16.5. The Kier molecular flexibility index (Phi) is 12.5. The monoisotopic (exact) mass is 618 g/mol. The third-order valence-electron chi connectivity index (χ3n) is 8.74. The minimum Gasteiger partial charge on any atom is -0.423 e. The number of allylic oxidation sites excluding steroid dienone is 1. The maximum atomic E-state index is 12.8. The van der Waals surface area contributed by atoms with Crippen LogP contribution in [-0.2, 0) is 17.6 Å². The molecule has 5 heteroatoms. The fourth-order valence-corrected chi connectivity index (χ4v) is 5.14. The molecule has 2 unspecified atom stereocenters. The lowest BCUT2D eigenvalue weighted by Gasteiger charge is -2.11. The number of hydrogen-bond donors (Lipinski definition) is 0. The molecule has 46 heavy (non-hydrogen) atoms. The molecule has 0 bridgehead atoms. The summed E-state index contributed by atoms with van der Waals surface area (Å²) in [7, 11) is 0. The van der Waals surface area contributed by atoms with Crippen LogP contribution in [0.4, 0.5) is 0 Å². The molecule has 0 fully saturated rings. The maximum Gasteiger partial charge on any atom is 0.343 e. The Bertz CT molecular complexity index is 1520. The summed E-state index contributed by atoms with van der Waals surface area (Å²) in [5, 5.41) is 1.69. The fraction of sp³-hybridized carbons (Fsp3) is 0.341. The molecule has 4 rings (SSSR count). The number of fused-ring (bicyclic) bond motifs is 1. The Hall–Kier alpha value is -4.51. The lowest BCUT2D eigenvalue weighted by Crippen LogP contribution is -2.09. The maximum absolute atomic E-state index is 12.8. The highest BCUT2D eigenvalue weighted by atomic mass is 16.5. The first-order valence-corrected chi connectivity index (χ1v) is 16.5. The van der Waals surface area contributed by atoms with Crippen molar-refractivity contribution in [2.24, 2.45) is 11.8 Å². The van der Waals surface area contributed by atoms with Crippen molar-refractivity contribution in [1.82, 2.24) is 0 Å². The lowest BCUT2D eigenvalue weighted by atomic mass is 9.96. The van der Waals surface area contributed by atoms with Crippen molar-refractivity contribution in [1.29, 1.82) is 0 Å². The number of carbonyl (C=O) groups is 3. The van der Waals surface area contributed by atoms with Crippen LogP contribution in [0.25, 0.3) is 10.8 Å². The van der Waals surface area contributed by atoms with Crippen molar-refractivity contribution < 1.29 is 23.9 Å². The third kappa shape index (κ3) is 10.3. The van der Waals surface area contributed by atoms with Crippen molar-refractivity contribution >= 4 is 28.5 Å². The van der Waals surface area contributed by atoms with E-state index >= 15 is 0 Å². The number of ether oxygens (including phenoxy) is 2. The van der Waals surface area contributed by atoms with Gasteiger partial charge in [-0.3, -0.25) is 4.79 Å². The Labute approximate surface area is 273 Å². The van der Waals surface area contributed by atoms with Gasteiger partial charge in [0, 0.05) is 12.8 Å². The van der Waals surface area contributed by atoms with Gasteiger partial charge in [0.25, 0.3) is 0 Å². The highest BCUT2D eigenvalue weighted by Crippen LogP contribution is 2.26. The molecule has 0 spiro atoms. The van der Waals surface area contributed by atoms with Crippen LogP contribution in [0.1, 0.15) is 98.1 Å². The Morgan fingerprint density at radius 1 is 0.609 bits per heavy atom. The first-order chi connectivity index (χ1) is 22.1. The van der Waals surface area contributed by atoms with Gasteiger partial charge in [0.05, 0.1) is 11.1 Å². The molecular weight excluding hydrogens is 572 g/mol. The minimum atomic E-state index is -0.471. The SMILES string of the molecule is C=C(CCC(C)CC)Cc1ccc(C(=O)Oc2ccc3cc(OC(=O)c4ccc(CC(=O)CCC(C)CC)cc4)ccc3c2)cc1. The van der Waals surface area contributed by atoms with Crippen LogP contribution < -0.4 is 9.47 Å². The van der Waals surface area contributed by atoms with E-state index in [1.54, 1.807) is 48.5 Å². The van der Waals surface area contributed by atoms with Crippen LogP contribution in [0, 0.1) is 11.8 Å². The lowest BCUT2D eigenvalue weighted by molar-refractivity contribution is -0.118. The molecule has 4 aromatic rings. The van der Waals surface area contributed by atoms with E-state index in [0.717, 1.165) is 54.0 Å². The molecule has 0 N–H and O–H groups in total. The molecule has 0 saturated carbocycles. The standard InChI is InChI=1S/C41H46O5/c1-6-28(3)8-9-30(5)24-31-11-15-33(16-12-31)40(43)45-38-22-19-36-27-39(23-20-35(36)26-38)46-41(44)34-17-13-32(14-18-34)25-37(42)21-10-29(4)7-2/h11-20,22-23,26-29H,5-10,21,24-25H2,1-4H3. The summed E-state index contributed by atoms with van der Waals surface area (Å²) in [4.78, 5) is 37.9. The predicted octanol–water partition coefficient (Wildman–Crippen LogP) is 10.1. The predicted molar refractivity (Wildman–Crippen MR) is 186 cm³/mol. The van der Waals surface area contributed by atoms with Gasteiger partial charge < -0.3 is 9.47 Å².